The van der Waals surface area contributed by atoms with Crippen LogP contribution in [0.25, 0.3) is 0 Å². The zero-order valence-electron chi connectivity index (χ0n) is 11.3. The first kappa shape index (κ1) is 14.6. The van der Waals surface area contributed by atoms with Gasteiger partial charge in [-0.3, -0.25) is 4.79 Å². The molecule has 8 nitrogen and oxygen atoms in total. The monoisotopic (exact) mass is 286 g/mol. The number of amides is 2. The lowest BCUT2D eigenvalue weighted by Crippen LogP contribution is -2.52. The van der Waals surface area contributed by atoms with Crippen molar-refractivity contribution in [1.29, 1.82) is 0 Å². The number of esters is 1. The molecule has 2 rings (SSSR count). The van der Waals surface area contributed by atoms with Gasteiger partial charge < -0.3 is 24.4 Å². The summed E-state index contributed by atoms with van der Waals surface area (Å²) in [5, 5.41) is 8.94. The van der Waals surface area contributed by atoms with Gasteiger partial charge in [0, 0.05) is 19.6 Å². The van der Waals surface area contributed by atoms with Crippen LogP contribution >= 0.6 is 0 Å². The molecule has 0 aromatic carbocycles. The summed E-state index contributed by atoms with van der Waals surface area (Å²) in [7, 11) is 1.27. The highest BCUT2D eigenvalue weighted by molar-refractivity contribution is 5.79. The van der Waals surface area contributed by atoms with Crippen LogP contribution < -0.4 is 0 Å². The Bertz CT molecular complexity index is 413. The fraction of sp³-hybridized carbons (Fsp3) is 0.750. The molecule has 0 aromatic rings. The van der Waals surface area contributed by atoms with Gasteiger partial charge in [0.05, 0.1) is 26.2 Å². The van der Waals surface area contributed by atoms with Crippen molar-refractivity contribution >= 4 is 18.0 Å². The number of nitrogens with zero attached hydrogens (tertiary/aromatic N) is 2. The fourth-order valence-corrected chi connectivity index (χ4v) is 2.43. The number of morpholine rings is 1. The van der Waals surface area contributed by atoms with E-state index >= 15 is 0 Å². The molecule has 1 N–H and O–H groups in total. The molecule has 2 aliphatic heterocycles. The molecular weight excluding hydrogens is 268 g/mol. The standard InChI is InChI=1S/C12H18N2O6/c1-19-11(17)9-7-14(4-5-20-9)12(18)13-3-2-8(6-13)10(15)16/h8-9H,2-7H2,1H3,(H,15,16). The first-order chi connectivity index (χ1) is 9.52. The number of hydrogen-bond acceptors (Lipinski definition) is 5. The fourth-order valence-electron chi connectivity index (χ4n) is 2.43. The lowest BCUT2D eigenvalue weighted by Gasteiger charge is -2.34. The molecular formula is C12H18N2O6. The number of carboxylic acid groups (broad SMARTS) is 1. The third-order valence-electron chi connectivity index (χ3n) is 3.61. The molecule has 2 saturated heterocycles. The average Bonchev–Trinajstić information content (AvgIpc) is 2.95. The van der Waals surface area contributed by atoms with Gasteiger partial charge in [-0.1, -0.05) is 0 Å². The highest BCUT2D eigenvalue weighted by Crippen LogP contribution is 2.19. The van der Waals surface area contributed by atoms with Crippen molar-refractivity contribution in [3.8, 4) is 0 Å². The molecule has 20 heavy (non-hydrogen) atoms. The number of aliphatic carboxylic acids is 1. The minimum absolute atomic E-state index is 0.139. The Hall–Kier alpha value is -1.83. The van der Waals surface area contributed by atoms with E-state index in [0.717, 1.165) is 0 Å². The molecule has 0 aromatic heterocycles. The molecule has 0 bridgehead atoms. The van der Waals surface area contributed by atoms with Gasteiger partial charge in [-0.25, -0.2) is 9.59 Å². The molecule has 8 heteroatoms. The Morgan fingerprint density at radius 1 is 1.20 bits per heavy atom. The Balaban J connectivity index is 1.92. The van der Waals surface area contributed by atoms with E-state index in [1.54, 1.807) is 0 Å². The normalized spacial score (nSPS) is 26.4. The summed E-state index contributed by atoms with van der Waals surface area (Å²) < 4.78 is 9.85. The summed E-state index contributed by atoms with van der Waals surface area (Å²) in [5.74, 6) is -1.89. The van der Waals surface area contributed by atoms with E-state index < -0.39 is 24.0 Å². The van der Waals surface area contributed by atoms with E-state index in [1.165, 1.54) is 16.9 Å². The molecule has 0 aliphatic carbocycles. The second-order valence-electron chi connectivity index (χ2n) is 4.88. The van der Waals surface area contributed by atoms with E-state index in [2.05, 4.69) is 4.74 Å². The van der Waals surface area contributed by atoms with Crippen molar-refractivity contribution in [3.05, 3.63) is 0 Å². The van der Waals surface area contributed by atoms with Gasteiger partial charge in [0.15, 0.2) is 6.10 Å². The number of ether oxygens (including phenoxy) is 2. The molecule has 112 valence electrons. The number of carboxylic acids is 1. The summed E-state index contributed by atoms with van der Waals surface area (Å²) in [5.41, 5.74) is 0. The lowest BCUT2D eigenvalue weighted by molar-refractivity contribution is -0.158. The summed E-state index contributed by atoms with van der Waals surface area (Å²) in [6.45, 7) is 1.44. The van der Waals surface area contributed by atoms with Gasteiger partial charge in [-0.15, -0.1) is 0 Å². The predicted octanol–water partition coefficient (Wildman–Crippen LogP) is -0.613. The Kier molecular flexibility index (Phi) is 4.43. The molecule has 2 heterocycles. The van der Waals surface area contributed by atoms with E-state index in [4.69, 9.17) is 9.84 Å². The van der Waals surface area contributed by atoms with Crippen LogP contribution in [0.1, 0.15) is 6.42 Å². The SMILES string of the molecule is COC(=O)C1CN(C(=O)N2CCC(C(=O)O)C2)CCO1. The van der Waals surface area contributed by atoms with Gasteiger partial charge in [0.2, 0.25) is 0 Å². The van der Waals surface area contributed by atoms with Crippen molar-refractivity contribution in [1.82, 2.24) is 9.80 Å². The summed E-state index contributed by atoms with van der Waals surface area (Å²) >= 11 is 0. The second-order valence-corrected chi connectivity index (χ2v) is 4.88. The quantitative estimate of drug-likeness (QED) is 0.680. The Morgan fingerprint density at radius 2 is 1.90 bits per heavy atom. The molecule has 2 fully saturated rings. The summed E-state index contributed by atoms with van der Waals surface area (Å²) in [6, 6.07) is -0.244. The van der Waals surface area contributed by atoms with Gasteiger partial charge >= 0.3 is 18.0 Å². The van der Waals surface area contributed by atoms with Crippen LogP contribution in [-0.2, 0) is 19.1 Å². The zero-order valence-corrected chi connectivity index (χ0v) is 11.3. The molecule has 2 amide bonds. The first-order valence-electron chi connectivity index (χ1n) is 6.49. The van der Waals surface area contributed by atoms with Crippen LogP contribution in [0.4, 0.5) is 4.79 Å². The summed E-state index contributed by atoms with van der Waals surface area (Å²) in [6.07, 6.45) is -0.304. The minimum atomic E-state index is -0.880. The smallest absolute Gasteiger partial charge is 0.336 e. The highest BCUT2D eigenvalue weighted by Gasteiger charge is 2.36. The molecule has 2 aliphatic rings. The van der Waals surface area contributed by atoms with Crippen LogP contribution in [0.2, 0.25) is 0 Å². The molecule has 0 radical (unpaired) electrons. The largest absolute Gasteiger partial charge is 0.481 e. The van der Waals surface area contributed by atoms with Crippen LogP contribution in [0.15, 0.2) is 0 Å². The summed E-state index contributed by atoms with van der Waals surface area (Å²) in [4.78, 5) is 37.6. The number of hydrogen-bond donors (Lipinski definition) is 1. The topological polar surface area (TPSA) is 96.4 Å². The third-order valence-corrected chi connectivity index (χ3v) is 3.61. The number of carbonyl (C=O) groups excluding carboxylic acids is 2. The zero-order chi connectivity index (χ0) is 14.7. The maximum atomic E-state index is 12.3. The van der Waals surface area contributed by atoms with E-state index in [9.17, 15) is 14.4 Å². The predicted molar refractivity (Wildman–Crippen MR) is 66.0 cm³/mol. The lowest BCUT2D eigenvalue weighted by atomic mass is 10.1. The highest BCUT2D eigenvalue weighted by atomic mass is 16.6. The number of likely N-dealkylation sites (tertiary alicyclic amines) is 1. The second kappa shape index (κ2) is 6.08. The van der Waals surface area contributed by atoms with Crippen LogP contribution in [0, 0.1) is 5.92 Å². The number of carbonyl (C=O) groups is 3. The Labute approximate surface area is 116 Å². The molecule has 0 spiro atoms. The number of rotatable bonds is 2. The Morgan fingerprint density at radius 3 is 2.50 bits per heavy atom. The first-order valence-corrected chi connectivity index (χ1v) is 6.49. The van der Waals surface area contributed by atoms with Gasteiger partial charge in [0.25, 0.3) is 0 Å². The molecule has 2 unspecified atom stereocenters. The molecule has 2 atom stereocenters. The van der Waals surface area contributed by atoms with Crippen LogP contribution in [0.3, 0.4) is 0 Å². The number of methoxy groups -OCH3 is 1. The maximum Gasteiger partial charge on any atom is 0.336 e. The average molecular weight is 286 g/mol. The van der Waals surface area contributed by atoms with Crippen molar-refractivity contribution < 1.29 is 29.0 Å². The van der Waals surface area contributed by atoms with Crippen LogP contribution in [0.5, 0.6) is 0 Å². The maximum absolute atomic E-state index is 12.3. The van der Waals surface area contributed by atoms with Crippen molar-refractivity contribution in [3.63, 3.8) is 0 Å². The van der Waals surface area contributed by atoms with Gasteiger partial charge in [0.1, 0.15) is 0 Å². The van der Waals surface area contributed by atoms with Crippen molar-refractivity contribution in [2.75, 3.05) is 39.9 Å². The van der Waals surface area contributed by atoms with E-state index in [1.807, 2.05) is 0 Å². The van der Waals surface area contributed by atoms with Crippen molar-refractivity contribution in [2.24, 2.45) is 5.92 Å². The molecule has 0 saturated carbocycles. The van der Waals surface area contributed by atoms with Gasteiger partial charge in [-0.2, -0.15) is 0 Å². The van der Waals surface area contributed by atoms with E-state index in [0.29, 0.717) is 19.5 Å². The van der Waals surface area contributed by atoms with Crippen molar-refractivity contribution in [2.45, 2.75) is 12.5 Å². The van der Waals surface area contributed by atoms with Gasteiger partial charge in [-0.05, 0) is 6.42 Å². The minimum Gasteiger partial charge on any atom is -0.481 e. The number of urea groups is 1. The third kappa shape index (κ3) is 3.01. The van der Waals surface area contributed by atoms with Crippen LogP contribution in [-0.4, -0.2) is 78.9 Å². The van der Waals surface area contributed by atoms with E-state index in [-0.39, 0.29) is 25.7 Å².